The molecule has 8 heteroatoms. The second-order valence-corrected chi connectivity index (χ2v) is 11.4. The lowest BCUT2D eigenvalue weighted by Crippen LogP contribution is -2.33. The van der Waals surface area contributed by atoms with Crippen molar-refractivity contribution in [1.29, 1.82) is 0 Å². The van der Waals surface area contributed by atoms with Crippen molar-refractivity contribution in [3.05, 3.63) is 64.4 Å². The van der Waals surface area contributed by atoms with E-state index in [1.165, 1.54) is 6.20 Å². The van der Waals surface area contributed by atoms with Crippen LogP contribution >= 0.6 is 11.6 Å². The number of aryl methyl sites for hydroxylation is 3. The van der Waals surface area contributed by atoms with E-state index in [0.29, 0.717) is 22.0 Å². The van der Waals surface area contributed by atoms with Gasteiger partial charge in [0.05, 0.1) is 15.5 Å². The summed E-state index contributed by atoms with van der Waals surface area (Å²) in [7, 11) is -3.68. The van der Waals surface area contributed by atoms with Gasteiger partial charge in [-0.2, -0.15) is 0 Å². The molecule has 0 aliphatic carbocycles. The quantitative estimate of drug-likeness (QED) is 0.501. The lowest BCUT2D eigenvalue weighted by atomic mass is 10.1. The summed E-state index contributed by atoms with van der Waals surface area (Å²) in [5.74, 6) is 0.788. The van der Waals surface area contributed by atoms with Gasteiger partial charge in [-0.05, 0) is 70.9 Å². The zero-order valence-electron chi connectivity index (χ0n) is 18.4. The predicted octanol–water partition coefficient (Wildman–Crippen LogP) is 6.05. The first kappa shape index (κ1) is 23.0. The Morgan fingerprint density at radius 2 is 1.65 bits per heavy atom. The third kappa shape index (κ3) is 5.17. The molecule has 0 spiro atoms. The van der Waals surface area contributed by atoms with Crippen LogP contribution in [0, 0.1) is 20.8 Å². The Kier molecular flexibility index (Phi) is 6.30. The van der Waals surface area contributed by atoms with Crippen LogP contribution in [0.4, 0.5) is 5.69 Å². The topological polar surface area (TPSA) is 81.2 Å². The van der Waals surface area contributed by atoms with Gasteiger partial charge in [-0.1, -0.05) is 29.3 Å². The van der Waals surface area contributed by atoms with Gasteiger partial charge in [0.2, 0.25) is 15.9 Å². The first-order valence-corrected chi connectivity index (χ1v) is 11.6. The van der Waals surface area contributed by atoms with E-state index in [-0.39, 0.29) is 11.6 Å². The molecular weight excluding hydrogens is 434 g/mol. The van der Waals surface area contributed by atoms with Gasteiger partial charge < -0.3 is 4.74 Å². The molecule has 0 amide bonds. The fourth-order valence-corrected chi connectivity index (χ4v) is 3.96. The van der Waals surface area contributed by atoms with Crippen LogP contribution in [0.25, 0.3) is 11.3 Å². The molecule has 31 heavy (non-hydrogen) atoms. The van der Waals surface area contributed by atoms with Gasteiger partial charge in [0.25, 0.3) is 0 Å². The first-order valence-electron chi connectivity index (χ1n) is 9.77. The van der Waals surface area contributed by atoms with Crippen LogP contribution < -0.4 is 9.46 Å². The maximum atomic E-state index is 12.8. The zero-order chi connectivity index (χ0) is 23.0. The van der Waals surface area contributed by atoms with E-state index in [0.717, 1.165) is 16.7 Å². The summed E-state index contributed by atoms with van der Waals surface area (Å²) in [5.41, 5.74) is 4.49. The molecule has 164 valence electrons. The van der Waals surface area contributed by atoms with Crippen LogP contribution in [0.2, 0.25) is 5.02 Å². The maximum Gasteiger partial charge on any atom is 0.244 e. The summed E-state index contributed by atoms with van der Waals surface area (Å²) in [6, 6.07) is 9.09. The molecule has 0 radical (unpaired) electrons. The largest absolute Gasteiger partial charge is 0.436 e. The van der Waals surface area contributed by atoms with Crippen molar-refractivity contribution in [3.8, 4) is 22.9 Å². The van der Waals surface area contributed by atoms with E-state index in [1.54, 1.807) is 45.2 Å². The Balaban J connectivity index is 2.13. The molecule has 0 atom stereocenters. The number of rotatable bonds is 5. The van der Waals surface area contributed by atoms with E-state index in [2.05, 4.69) is 14.7 Å². The molecule has 6 nitrogen and oxygen atoms in total. The SMILES string of the molecule is Cc1cc(C)c(Oc2nc(-c3cncc(Cl)c3)ccc2NS(=O)(=O)C(C)(C)C)c(C)c1. The summed E-state index contributed by atoms with van der Waals surface area (Å²) in [5, 5.41) is 0.476. The molecule has 2 aromatic heterocycles. The van der Waals surface area contributed by atoms with Crippen molar-refractivity contribution in [2.24, 2.45) is 0 Å². The average molecular weight is 460 g/mol. The molecule has 0 unspecified atom stereocenters. The number of nitrogens with zero attached hydrogens (tertiary/aromatic N) is 2. The number of anilines is 1. The molecule has 0 saturated carbocycles. The van der Waals surface area contributed by atoms with Crippen LogP contribution in [-0.2, 0) is 10.0 Å². The summed E-state index contributed by atoms with van der Waals surface area (Å²) >= 11 is 6.08. The summed E-state index contributed by atoms with van der Waals surface area (Å²) in [6.45, 7) is 10.8. The van der Waals surface area contributed by atoms with E-state index >= 15 is 0 Å². The minimum Gasteiger partial charge on any atom is -0.436 e. The Morgan fingerprint density at radius 1 is 1.00 bits per heavy atom. The third-order valence-corrected chi connectivity index (χ3v) is 7.02. The number of aromatic nitrogens is 2. The number of ether oxygens (including phenoxy) is 1. The number of nitrogens with one attached hydrogen (secondary N) is 1. The Bertz CT molecular complexity index is 1210. The maximum absolute atomic E-state index is 12.8. The second kappa shape index (κ2) is 8.48. The second-order valence-electron chi connectivity index (χ2n) is 8.49. The monoisotopic (exact) mass is 459 g/mol. The molecule has 3 aromatic rings. The lowest BCUT2D eigenvalue weighted by molar-refractivity contribution is 0.458. The van der Waals surface area contributed by atoms with Crippen LogP contribution in [0.15, 0.2) is 42.7 Å². The van der Waals surface area contributed by atoms with E-state index in [4.69, 9.17) is 16.3 Å². The molecule has 2 heterocycles. The number of sulfonamides is 1. The summed E-state index contributed by atoms with van der Waals surface area (Å²) in [4.78, 5) is 8.70. The van der Waals surface area contributed by atoms with Gasteiger partial charge in [-0.15, -0.1) is 0 Å². The smallest absolute Gasteiger partial charge is 0.244 e. The first-order chi connectivity index (χ1) is 14.4. The van der Waals surface area contributed by atoms with Crippen molar-refractivity contribution in [1.82, 2.24) is 9.97 Å². The van der Waals surface area contributed by atoms with E-state index < -0.39 is 14.8 Å². The lowest BCUT2D eigenvalue weighted by Gasteiger charge is -2.22. The fourth-order valence-electron chi connectivity index (χ4n) is 3.03. The number of benzene rings is 1. The van der Waals surface area contributed by atoms with Crippen LogP contribution in [-0.4, -0.2) is 23.1 Å². The molecule has 1 N–H and O–H groups in total. The number of hydrogen-bond acceptors (Lipinski definition) is 5. The van der Waals surface area contributed by atoms with Crippen molar-refractivity contribution in [3.63, 3.8) is 0 Å². The highest BCUT2D eigenvalue weighted by Crippen LogP contribution is 2.36. The highest BCUT2D eigenvalue weighted by atomic mass is 35.5. The number of halogens is 1. The molecular formula is C23H26ClN3O3S. The molecule has 0 aliphatic rings. The summed E-state index contributed by atoms with van der Waals surface area (Å²) in [6.07, 6.45) is 3.17. The predicted molar refractivity (Wildman–Crippen MR) is 126 cm³/mol. The van der Waals surface area contributed by atoms with Gasteiger partial charge >= 0.3 is 0 Å². The highest BCUT2D eigenvalue weighted by molar-refractivity contribution is 7.94. The fraction of sp³-hybridized carbons (Fsp3) is 0.304. The van der Waals surface area contributed by atoms with Gasteiger partial charge in [0.1, 0.15) is 11.4 Å². The molecule has 1 aromatic carbocycles. The highest BCUT2D eigenvalue weighted by Gasteiger charge is 2.30. The van der Waals surface area contributed by atoms with Crippen LogP contribution in [0.5, 0.6) is 11.6 Å². The van der Waals surface area contributed by atoms with Crippen molar-refractivity contribution < 1.29 is 13.2 Å². The number of pyridine rings is 2. The normalized spacial score (nSPS) is 12.0. The summed E-state index contributed by atoms with van der Waals surface area (Å²) < 4.78 is 33.4. The van der Waals surface area contributed by atoms with Gasteiger partial charge in [-0.3, -0.25) is 9.71 Å². The average Bonchev–Trinajstić information content (AvgIpc) is 2.64. The Hall–Kier alpha value is -2.64. The molecule has 0 aliphatic heterocycles. The van der Waals surface area contributed by atoms with Crippen molar-refractivity contribution in [2.45, 2.75) is 46.3 Å². The third-order valence-electron chi connectivity index (χ3n) is 4.71. The molecule has 0 fully saturated rings. The minimum atomic E-state index is -3.68. The Morgan fingerprint density at radius 3 is 2.23 bits per heavy atom. The van der Waals surface area contributed by atoms with E-state index in [9.17, 15) is 8.42 Å². The van der Waals surface area contributed by atoms with Gasteiger partial charge in [-0.25, -0.2) is 13.4 Å². The number of hydrogen-bond donors (Lipinski definition) is 1. The van der Waals surface area contributed by atoms with Crippen molar-refractivity contribution >= 4 is 27.3 Å². The Labute approximate surface area is 188 Å². The standard InChI is InChI=1S/C23H26ClN3O3S/c1-14-9-15(2)21(16(3)10-14)30-22-20(27-31(28,29)23(4,5)6)8-7-19(26-22)17-11-18(24)13-25-12-17/h7-13,27H,1-6H3. The zero-order valence-corrected chi connectivity index (χ0v) is 20.0. The van der Waals surface area contributed by atoms with Crippen LogP contribution in [0.3, 0.4) is 0 Å². The van der Waals surface area contributed by atoms with Crippen LogP contribution in [0.1, 0.15) is 37.5 Å². The molecule has 0 bridgehead atoms. The minimum absolute atomic E-state index is 0.153. The van der Waals surface area contributed by atoms with E-state index in [1.807, 2.05) is 32.9 Å². The van der Waals surface area contributed by atoms with Gasteiger partial charge in [0, 0.05) is 18.0 Å². The van der Waals surface area contributed by atoms with Crippen molar-refractivity contribution in [2.75, 3.05) is 4.72 Å². The molecule has 0 saturated heterocycles. The molecule has 3 rings (SSSR count). The van der Waals surface area contributed by atoms with Gasteiger partial charge in [0.15, 0.2) is 0 Å².